The van der Waals surface area contributed by atoms with Gasteiger partial charge in [0.05, 0.1) is 18.0 Å². The first-order valence-corrected chi connectivity index (χ1v) is 4.75. The lowest BCUT2D eigenvalue weighted by molar-refractivity contribution is 0.122. The maximum absolute atomic E-state index is 5.36. The molecule has 0 spiro atoms. The number of ether oxygens (including phenoxy) is 1. The molecule has 0 aromatic carbocycles. The van der Waals surface area contributed by atoms with Crippen molar-refractivity contribution >= 4 is 22.6 Å². The summed E-state index contributed by atoms with van der Waals surface area (Å²) < 4.78 is 6.33. The highest BCUT2D eigenvalue weighted by Gasteiger charge is 2.11. The predicted molar refractivity (Wildman–Crippen MR) is 49.3 cm³/mol. The number of hydrogen-bond donors (Lipinski definition) is 1. The predicted octanol–water partition coefficient (Wildman–Crippen LogP) is 1.48. The largest absolute Gasteiger partial charge is 0.375 e. The van der Waals surface area contributed by atoms with Crippen molar-refractivity contribution in [3.05, 3.63) is 15.2 Å². The minimum Gasteiger partial charge on any atom is -0.375 e. The molecule has 1 aliphatic rings. The third-order valence-corrected chi connectivity index (χ3v) is 2.30. The van der Waals surface area contributed by atoms with Crippen molar-refractivity contribution in [3.63, 3.8) is 0 Å². The fraction of sp³-hybridized carbons (Fsp3) is 0.571. The van der Waals surface area contributed by atoms with Crippen LogP contribution in [-0.4, -0.2) is 16.6 Å². The third-order valence-electron chi connectivity index (χ3n) is 1.78. The van der Waals surface area contributed by atoms with E-state index in [0.717, 1.165) is 29.0 Å². The number of aromatic amines is 1. The summed E-state index contributed by atoms with van der Waals surface area (Å²) in [4.78, 5) is 7.55. The molecular formula is C7H9IN2O. The first kappa shape index (κ1) is 7.54. The van der Waals surface area contributed by atoms with E-state index >= 15 is 0 Å². The van der Waals surface area contributed by atoms with Gasteiger partial charge in [0, 0.05) is 6.61 Å². The van der Waals surface area contributed by atoms with Gasteiger partial charge in [-0.05, 0) is 35.4 Å². The number of hydrogen-bond acceptors (Lipinski definition) is 2. The van der Waals surface area contributed by atoms with Crippen molar-refractivity contribution in [2.75, 3.05) is 6.61 Å². The SMILES string of the molecule is Ic1nc2c([nH]1)COCCC2. The lowest BCUT2D eigenvalue weighted by Crippen LogP contribution is -1.91. The zero-order valence-electron chi connectivity index (χ0n) is 6.06. The molecule has 2 heterocycles. The molecule has 60 valence electrons. The normalized spacial score (nSPS) is 17.5. The van der Waals surface area contributed by atoms with Gasteiger partial charge in [0.2, 0.25) is 0 Å². The average molecular weight is 264 g/mol. The molecule has 0 unspecified atom stereocenters. The molecule has 0 fully saturated rings. The van der Waals surface area contributed by atoms with Crippen LogP contribution in [0.1, 0.15) is 17.8 Å². The van der Waals surface area contributed by atoms with Gasteiger partial charge in [-0.15, -0.1) is 0 Å². The Morgan fingerprint density at radius 1 is 1.55 bits per heavy atom. The summed E-state index contributed by atoms with van der Waals surface area (Å²) in [5, 5.41) is 0. The topological polar surface area (TPSA) is 37.9 Å². The summed E-state index contributed by atoms with van der Waals surface area (Å²) in [6.07, 6.45) is 2.14. The van der Waals surface area contributed by atoms with Crippen molar-refractivity contribution in [1.82, 2.24) is 9.97 Å². The van der Waals surface area contributed by atoms with Gasteiger partial charge >= 0.3 is 0 Å². The highest BCUT2D eigenvalue weighted by molar-refractivity contribution is 14.1. The maximum Gasteiger partial charge on any atom is 0.169 e. The Kier molecular flexibility index (Phi) is 2.13. The van der Waals surface area contributed by atoms with Crippen molar-refractivity contribution in [3.8, 4) is 0 Å². The lowest BCUT2D eigenvalue weighted by Gasteiger charge is -1.94. The van der Waals surface area contributed by atoms with Gasteiger partial charge in [-0.25, -0.2) is 4.98 Å². The van der Waals surface area contributed by atoms with Gasteiger partial charge in [-0.3, -0.25) is 0 Å². The molecule has 1 aromatic rings. The molecule has 1 N–H and O–H groups in total. The van der Waals surface area contributed by atoms with Crippen LogP contribution in [0.4, 0.5) is 0 Å². The second-order valence-corrected chi connectivity index (χ2v) is 3.63. The fourth-order valence-electron chi connectivity index (χ4n) is 1.25. The molecule has 3 nitrogen and oxygen atoms in total. The van der Waals surface area contributed by atoms with Crippen LogP contribution in [0.5, 0.6) is 0 Å². The highest BCUT2D eigenvalue weighted by atomic mass is 127. The molecule has 11 heavy (non-hydrogen) atoms. The van der Waals surface area contributed by atoms with Gasteiger partial charge in [0.1, 0.15) is 0 Å². The van der Waals surface area contributed by atoms with Gasteiger partial charge in [0.25, 0.3) is 0 Å². The van der Waals surface area contributed by atoms with E-state index < -0.39 is 0 Å². The minimum absolute atomic E-state index is 0.700. The van der Waals surface area contributed by atoms with Gasteiger partial charge in [-0.1, -0.05) is 0 Å². The second-order valence-electron chi connectivity index (χ2n) is 2.61. The first-order valence-electron chi connectivity index (χ1n) is 3.67. The summed E-state index contributed by atoms with van der Waals surface area (Å²) in [5.41, 5.74) is 2.35. The summed E-state index contributed by atoms with van der Waals surface area (Å²) >= 11 is 2.19. The zero-order chi connectivity index (χ0) is 7.68. The van der Waals surface area contributed by atoms with Crippen LogP contribution in [0.3, 0.4) is 0 Å². The van der Waals surface area contributed by atoms with E-state index in [2.05, 4.69) is 32.6 Å². The van der Waals surface area contributed by atoms with Crippen LogP contribution in [0.15, 0.2) is 0 Å². The zero-order valence-corrected chi connectivity index (χ0v) is 8.22. The number of halogens is 1. The molecule has 0 saturated heterocycles. The number of aromatic nitrogens is 2. The molecule has 0 radical (unpaired) electrons. The van der Waals surface area contributed by atoms with Crippen molar-refractivity contribution in [2.24, 2.45) is 0 Å². The summed E-state index contributed by atoms with van der Waals surface area (Å²) in [6, 6.07) is 0. The molecule has 0 saturated carbocycles. The Balaban J connectivity index is 2.32. The minimum atomic E-state index is 0.700. The fourth-order valence-corrected chi connectivity index (χ4v) is 1.87. The summed E-state index contributed by atoms with van der Waals surface area (Å²) in [5.74, 6) is 0. The van der Waals surface area contributed by atoms with Crippen LogP contribution < -0.4 is 0 Å². The number of fused-ring (bicyclic) bond motifs is 1. The van der Waals surface area contributed by atoms with Crippen molar-refractivity contribution in [1.29, 1.82) is 0 Å². The van der Waals surface area contributed by atoms with E-state index in [-0.39, 0.29) is 0 Å². The molecule has 4 heteroatoms. The number of imidazole rings is 1. The molecule has 0 aliphatic carbocycles. The van der Waals surface area contributed by atoms with Gasteiger partial charge in [0.15, 0.2) is 3.83 Å². The summed E-state index contributed by atoms with van der Waals surface area (Å²) in [7, 11) is 0. The van der Waals surface area contributed by atoms with Crippen molar-refractivity contribution < 1.29 is 4.74 Å². The first-order chi connectivity index (χ1) is 5.36. The van der Waals surface area contributed by atoms with E-state index in [4.69, 9.17) is 4.74 Å². The number of aryl methyl sites for hydroxylation is 1. The van der Waals surface area contributed by atoms with Crippen LogP contribution in [-0.2, 0) is 17.8 Å². The van der Waals surface area contributed by atoms with Crippen LogP contribution in [0.25, 0.3) is 0 Å². The van der Waals surface area contributed by atoms with E-state index in [1.165, 1.54) is 5.69 Å². The summed E-state index contributed by atoms with van der Waals surface area (Å²) in [6.45, 7) is 1.56. The van der Waals surface area contributed by atoms with Gasteiger partial charge in [-0.2, -0.15) is 0 Å². The Hall–Kier alpha value is -0.100. The van der Waals surface area contributed by atoms with E-state index in [1.807, 2.05) is 0 Å². The Labute approximate surface area is 78.7 Å². The average Bonchev–Trinajstić information content (AvgIpc) is 2.17. The Morgan fingerprint density at radius 2 is 2.45 bits per heavy atom. The molecule has 1 aliphatic heterocycles. The molecule has 0 amide bonds. The molecule has 1 aromatic heterocycles. The Morgan fingerprint density at radius 3 is 3.36 bits per heavy atom. The van der Waals surface area contributed by atoms with E-state index in [9.17, 15) is 0 Å². The number of H-pyrrole nitrogens is 1. The third kappa shape index (κ3) is 1.56. The monoisotopic (exact) mass is 264 g/mol. The smallest absolute Gasteiger partial charge is 0.169 e. The number of nitrogens with zero attached hydrogens (tertiary/aromatic N) is 1. The molecule has 0 bridgehead atoms. The number of rotatable bonds is 0. The quantitative estimate of drug-likeness (QED) is 0.721. The standard InChI is InChI=1S/C7H9IN2O/c8-7-9-5-2-1-3-11-4-6(5)10-7/h1-4H2,(H,9,10). The maximum atomic E-state index is 5.36. The van der Waals surface area contributed by atoms with E-state index in [0.29, 0.717) is 6.61 Å². The second kappa shape index (κ2) is 3.10. The number of nitrogens with one attached hydrogen (secondary N) is 1. The Bertz CT molecular complexity index is 235. The van der Waals surface area contributed by atoms with Crippen LogP contribution in [0, 0.1) is 3.83 Å². The van der Waals surface area contributed by atoms with Crippen LogP contribution >= 0.6 is 22.6 Å². The molecule has 0 atom stereocenters. The highest BCUT2D eigenvalue weighted by Crippen LogP contribution is 2.14. The van der Waals surface area contributed by atoms with Crippen molar-refractivity contribution in [2.45, 2.75) is 19.4 Å². The lowest BCUT2D eigenvalue weighted by atomic mass is 10.2. The molecule has 2 rings (SSSR count). The van der Waals surface area contributed by atoms with Crippen LogP contribution in [0.2, 0.25) is 0 Å². The van der Waals surface area contributed by atoms with E-state index in [1.54, 1.807) is 0 Å². The van der Waals surface area contributed by atoms with Gasteiger partial charge < -0.3 is 9.72 Å². The molecular weight excluding hydrogens is 255 g/mol.